The van der Waals surface area contributed by atoms with Gasteiger partial charge in [0.05, 0.1) is 17.9 Å². The Bertz CT molecular complexity index is 841. The lowest BCUT2D eigenvalue weighted by Gasteiger charge is -2.14. The molecule has 0 radical (unpaired) electrons. The Morgan fingerprint density at radius 2 is 2.10 bits per heavy atom. The summed E-state index contributed by atoms with van der Waals surface area (Å²) in [6.45, 7) is 3.93. The summed E-state index contributed by atoms with van der Waals surface area (Å²) in [6.07, 6.45) is 2.26. The van der Waals surface area contributed by atoms with E-state index in [0.29, 0.717) is 35.7 Å². The molecule has 0 fully saturated rings. The standard InChI is InChI=1S/C19H24N2O5S3/c1-3-5-15-16(7-6-14(13(2)22)18(15)25)26-9-4-10-28-29-12-20-21-19(29)27-11-8-17(23)24/h6-7,12H,3-5,8-11H2,1-2H3,(H-,22,23,24,25). The second-order valence-corrected chi connectivity index (χ2v) is 11.1. The van der Waals surface area contributed by atoms with E-state index in [-0.39, 0.29) is 27.5 Å². The van der Waals surface area contributed by atoms with Gasteiger partial charge >= 0.3 is 4.34 Å². The summed E-state index contributed by atoms with van der Waals surface area (Å²) in [7, 11) is 1.44. The van der Waals surface area contributed by atoms with Gasteiger partial charge in [0.15, 0.2) is 5.78 Å². The normalized spacial score (nSPS) is 11.4. The van der Waals surface area contributed by atoms with Gasteiger partial charge in [0.25, 0.3) is 5.51 Å². The molecule has 1 atom stereocenters. The second-order valence-electron chi connectivity index (χ2n) is 6.12. The van der Waals surface area contributed by atoms with Crippen molar-refractivity contribution in [3.05, 3.63) is 28.8 Å². The fourth-order valence-corrected chi connectivity index (χ4v) is 7.28. The van der Waals surface area contributed by atoms with Gasteiger partial charge in [0.2, 0.25) is 0 Å². The Morgan fingerprint density at radius 1 is 1.31 bits per heavy atom. The number of hydrogen-bond donors (Lipinski definition) is 1. The molecule has 1 N–H and O–H groups in total. The van der Waals surface area contributed by atoms with E-state index in [9.17, 15) is 19.8 Å². The zero-order valence-electron chi connectivity index (χ0n) is 16.4. The van der Waals surface area contributed by atoms with Gasteiger partial charge in [0.1, 0.15) is 31.8 Å². The van der Waals surface area contributed by atoms with Gasteiger partial charge in [0, 0.05) is 17.3 Å². The van der Waals surface area contributed by atoms with E-state index in [0.717, 1.165) is 22.9 Å². The maximum Gasteiger partial charge on any atom is 0.335 e. The van der Waals surface area contributed by atoms with Gasteiger partial charge in [-0.25, -0.2) is 0 Å². The summed E-state index contributed by atoms with van der Waals surface area (Å²) in [5.74, 6) is 0.658. The molecular formula is C19H24N2O5S3. The first-order valence-electron chi connectivity index (χ1n) is 9.22. The van der Waals surface area contributed by atoms with Gasteiger partial charge in [-0.1, -0.05) is 23.5 Å². The number of carbonyl (C=O) groups is 2. The number of phenolic OH excluding ortho intramolecular Hbond substituents is 1. The fourth-order valence-electron chi connectivity index (χ4n) is 2.51. The summed E-state index contributed by atoms with van der Waals surface area (Å²) < 4.78 is 6.71. The second kappa shape index (κ2) is 12.0. The van der Waals surface area contributed by atoms with Crippen LogP contribution in [0.25, 0.3) is 0 Å². The van der Waals surface area contributed by atoms with Crippen LogP contribution in [0, 0.1) is 0 Å². The van der Waals surface area contributed by atoms with Gasteiger partial charge in [-0.15, -0.1) is 0 Å². The minimum absolute atomic E-state index is 0.00521. The lowest BCUT2D eigenvalue weighted by atomic mass is 10.0. The molecule has 1 unspecified atom stereocenters. The lowest BCUT2D eigenvalue weighted by molar-refractivity contribution is -0.305. The molecule has 0 bridgehead atoms. The van der Waals surface area contributed by atoms with E-state index < -0.39 is 5.97 Å². The summed E-state index contributed by atoms with van der Waals surface area (Å²) >= 11 is 1.40. The van der Waals surface area contributed by atoms with Crippen LogP contribution in [-0.2, 0) is 11.2 Å². The van der Waals surface area contributed by atoms with Crippen LogP contribution in [0.1, 0.15) is 49.0 Å². The van der Waals surface area contributed by atoms with Crippen molar-refractivity contribution < 1.29 is 24.5 Å². The molecule has 1 aromatic carbocycles. The summed E-state index contributed by atoms with van der Waals surface area (Å²) in [6, 6.07) is 3.35. The molecule has 1 aromatic heterocycles. The number of phenols is 1. The molecular weight excluding hydrogens is 432 g/mol. The minimum atomic E-state index is -1.06. The molecule has 2 aromatic rings. The predicted molar refractivity (Wildman–Crippen MR) is 115 cm³/mol. The number of carboxylic acid groups (broad SMARTS) is 1. The Morgan fingerprint density at radius 3 is 2.79 bits per heavy atom. The number of benzene rings is 1. The van der Waals surface area contributed by atoms with Crippen LogP contribution in [0.5, 0.6) is 11.5 Å². The molecule has 0 spiro atoms. The van der Waals surface area contributed by atoms with Gasteiger partial charge in [-0.05, 0) is 50.1 Å². The Kier molecular flexibility index (Phi) is 9.75. The van der Waals surface area contributed by atoms with Crippen LogP contribution in [-0.4, -0.2) is 45.2 Å². The molecule has 2 rings (SSSR count). The Labute approximate surface area is 180 Å². The number of Topliss-reactive ketones (excluding diaryl/α,β-unsaturated/α-hetero) is 1. The number of ketones is 1. The lowest BCUT2D eigenvalue weighted by Crippen LogP contribution is -2.22. The van der Waals surface area contributed by atoms with Gasteiger partial charge in [-0.3, -0.25) is 4.79 Å². The molecule has 7 nitrogen and oxygen atoms in total. The monoisotopic (exact) mass is 456 g/mol. The average Bonchev–Trinajstić information content (AvgIpc) is 3.10. The van der Waals surface area contributed by atoms with Crippen molar-refractivity contribution in [2.75, 3.05) is 18.1 Å². The molecule has 0 amide bonds. The third-order valence-corrected chi connectivity index (χ3v) is 9.22. The van der Waals surface area contributed by atoms with Crippen molar-refractivity contribution in [1.29, 1.82) is 0 Å². The number of thioether (sulfide) groups is 1. The molecule has 158 valence electrons. The zero-order valence-corrected chi connectivity index (χ0v) is 18.8. The molecule has 10 heteroatoms. The maximum absolute atomic E-state index is 11.6. The highest BCUT2D eigenvalue weighted by Crippen LogP contribution is 2.40. The van der Waals surface area contributed by atoms with Crippen molar-refractivity contribution >= 4 is 43.8 Å². The van der Waals surface area contributed by atoms with Crippen LogP contribution in [0.3, 0.4) is 0 Å². The van der Waals surface area contributed by atoms with Crippen molar-refractivity contribution in [2.24, 2.45) is 0 Å². The first kappa shape index (κ1) is 23.5. The van der Waals surface area contributed by atoms with Crippen molar-refractivity contribution in [3.8, 4) is 11.5 Å². The largest absolute Gasteiger partial charge is 0.550 e. The zero-order chi connectivity index (χ0) is 21.2. The highest BCUT2D eigenvalue weighted by atomic mass is 33.1. The Balaban J connectivity index is 1.84. The molecule has 0 saturated carbocycles. The third kappa shape index (κ3) is 7.20. The summed E-state index contributed by atoms with van der Waals surface area (Å²) in [5.41, 5.74) is 2.78. The van der Waals surface area contributed by atoms with E-state index in [4.69, 9.17) is 4.74 Å². The quantitative estimate of drug-likeness (QED) is 0.159. The topological polar surface area (TPSA) is 112 Å². The number of rotatable bonds is 13. The number of aromatic nitrogens is 2. The van der Waals surface area contributed by atoms with Crippen LogP contribution in [0.15, 0.2) is 22.0 Å². The molecule has 0 saturated heterocycles. The van der Waals surface area contributed by atoms with E-state index >= 15 is 0 Å². The number of hydrogen-bond acceptors (Lipinski definition) is 9. The van der Waals surface area contributed by atoms with E-state index in [1.165, 1.54) is 18.7 Å². The number of ether oxygens (including phenoxy) is 1. The first-order valence-corrected chi connectivity index (χ1v) is 13.0. The van der Waals surface area contributed by atoms with Crippen molar-refractivity contribution in [2.45, 2.75) is 43.9 Å². The smallest absolute Gasteiger partial charge is 0.335 e. The number of carbonyl (C=O) groups excluding carboxylic acids is 2. The number of nitrogens with zero attached hydrogens (tertiary/aromatic N) is 2. The molecule has 1 heterocycles. The molecule has 0 aliphatic rings. The number of aliphatic carboxylic acids is 1. The van der Waals surface area contributed by atoms with E-state index in [1.807, 2.05) is 6.92 Å². The third-order valence-electron chi connectivity index (χ3n) is 3.86. The maximum atomic E-state index is 11.6. The molecule has 29 heavy (non-hydrogen) atoms. The van der Waals surface area contributed by atoms with Crippen molar-refractivity contribution in [1.82, 2.24) is 10.2 Å². The average molecular weight is 457 g/mol. The number of carboxylic acids is 1. The van der Waals surface area contributed by atoms with Gasteiger partial charge in [-0.2, -0.15) is 0 Å². The van der Waals surface area contributed by atoms with E-state index in [2.05, 4.69) is 10.2 Å². The molecule has 0 aliphatic heterocycles. The van der Waals surface area contributed by atoms with E-state index in [1.54, 1.807) is 28.4 Å². The molecule has 0 aliphatic carbocycles. The fraction of sp³-hybridized carbons (Fsp3) is 0.474. The van der Waals surface area contributed by atoms with Crippen molar-refractivity contribution in [3.63, 3.8) is 0 Å². The highest BCUT2D eigenvalue weighted by molar-refractivity contribution is 8.45. The summed E-state index contributed by atoms with van der Waals surface area (Å²) in [5, 5.41) is 28.9. The first-order chi connectivity index (χ1) is 13.9. The van der Waals surface area contributed by atoms with Gasteiger partial charge < -0.3 is 19.7 Å². The number of aromatic hydroxyl groups is 1. The van der Waals surface area contributed by atoms with Crippen LogP contribution in [0.4, 0.5) is 0 Å². The van der Waals surface area contributed by atoms with Crippen LogP contribution in [0.2, 0.25) is 0 Å². The van der Waals surface area contributed by atoms with Crippen LogP contribution < -0.4 is 9.84 Å². The predicted octanol–water partition coefficient (Wildman–Crippen LogP) is 3.28. The Hall–Kier alpha value is -1.78. The van der Waals surface area contributed by atoms with Crippen LogP contribution >= 0.6 is 32.1 Å². The highest BCUT2D eigenvalue weighted by Gasteiger charge is 2.19. The SMILES string of the molecule is CCCc1c(OCCCS[s+]2cnnc2SCCC(=O)[O-])ccc(C(C)=O)c1O. The summed E-state index contributed by atoms with van der Waals surface area (Å²) in [4.78, 5) is 22.1. The minimum Gasteiger partial charge on any atom is -0.550 e.